The van der Waals surface area contributed by atoms with Crippen molar-refractivity contribution in [3.05, 3.63) is 11.6 Å². The molecule has 1 aromatic rings. The first-order valence-electron chi connectivity index (χ1n) is 4.19. The number of likely N-dealkylation sites (tertiary alicyclic amines) is 1. The van der Waals surface area contributed by atoms with Crippen LogP contribution in [0.3, 0.4) is 0 Å². The first-order chi connectivity index (χ1) is 5.84. The Morgan fingerprint density at radius 3 is 3.25 bits per heavy atom. The molecule has 0 bridgehead atoms. The van der Waals surface area contributed by atoms with Gasteiger partial charge in [-0.25, -0.2) is 4.98 Å². The number of thiazole rings is 1. The van der Waals surface area contributed by atoms with Crippen molar-refractivity contribution >= 4 is 16.5 Å². The molecule has 66 valence electrons. The van der Waals surface area contributed by atoms with Crippen molar-refractivity contribution in [2.24, 2.45) is 0 Å². The van der Waals surface area contributed by atoms with Gasteiger partial charge in [0.1, 0.15) is 0 Å². The van der Waals surface area contributed by atoms with Gasteiger partial charge in [-0.2, -0.15) is 0 Å². The highest BCUT2D eigenvalue weighted by Gasteiger charge is 2.19. The molecule has 12 heavy (non-hydrogen) atoms. The van der Waals surface area contributed by atoms with E-state index in [1.54, 1.807) is 11.3 Å². The lowest BCUT2D eigenvalue weighted by Crippen LogP contribution is -2.23. The molecule has 0 saturated carbocycles. The quantitative estimate of drug-likeness (QED) is 0.748. The largest absolute Gasteiger partial charge is 0.357 e. The predicted molar refractivity (Wildman–Crippen MR) is 51.6 cm³/mol. The van der Waals surface area contributed by atoms with Crippen LogP contribution in [0.15, 0.2) is 11.6 Å². The highest BCUT2D eigenvalue weighted by Crippen LogP contribution is 2.16. The molecule has 0 aromatic carbocycles. The van der Waals surface area contributed by atoms with Crippen molar-refractivity contribution < 1.29 is 0 Å². The Morgan fingerprint density at radius 1 is 1.75 bits per heavy atom. The average molecular weight is 183 g/mol. The van der Waals surface area contributed by atoms with Crippen molar-refractivity contribution in [1.82, 2.24) is 9.88 Å². The van der Waals surface area contributed by atoms with Gasteiger partial charge >= 0.3 is 0 Å². The molecular formula is C8H13N3S. The van der Waals surface area contributed by atoms with Crippen molar-refractivity contribution in [3.63, 3.8) is 0 Å². The van der Waals surface area contributed by atoms with Gasteiger partial charge in [0.2, 0.25) is 0 Å². The maximum Gasteiger partial charge on any atom is 0.182 e. The highest BCUT2D eigenvalue weighted by molar-refractivity contribution is 7.13. The van der Waals surface area contributed by atoms with Crippen molar-refractivity contribution in [3.8, 4) is 0 Å². The van der Waals surface area contributed by atoms with Crippen LogP contribution in [0.5, 0.6) is 0 Å². The van der Waals surface area contributed by atoms with Crippen LogP contribution in [-0.4, -0.2) is 36.1 Å². The van der Waals surface area contributed by atoms with Gasteiger partial charge in [0.05, 0.1) is 0 Å². The van der Waals surface area contributed by atoms with Crippen LogP contribution >= 0.6 is 11.3 Å². The molecule has 1 unspecified atom stereocenters. The third-order valence-electron chi connectivity index (χ3n) is 2.15. The van der Waals surface area contributed by atoms with Crippen LogP contribution in [0.4, 0.5) is 5.13 Å². The number of rotatable bonds is 2. The predicted octanol–water partition coefficient (Wildman–Crippen LogP) is 1.26. The molecule has 3 nitrogen and oxygen atoms in total. The van der Waals surface area contributed by atoms with E-state index in [1.807, 2.05) is 11.6 Å². The topological polar surface area (TPSA) is 28.2 Å². The van der Waals surface area contributed by atoms with E-state index in [4.69, 9.17) is 0 Å². The standard InChI is InChI=1S/C8H13N3S/c1-11-4-2-7(6-11)10-8-9-3-5-12-8/h3,5,7H,2,4,6H2,1H3,(H,9,10). The first-order valence-corrected chi connectivity index (χ1v) is 5.07. The van der Waals surface area contributed by atoms with E-state index in [0.717, 1.165) is 11.7 Å². The first kappa shape index (κ1) is 8.01. The van der Waals surface area contributed by atoms with Crippen LogP contribution in [0.2, 0.25) is 0 Å². The summed E-state index contributed by atoms with van der Waals surface area (Å²) in [6.45, 7) is 2.34. The highest BCUT2D eigenvalue weighted by atomic mass is 32.1. The fraction of sp³-hybridized carbons (Fsp3) is 0.625. The second-order valence-corrected chi connectivity index (χ2v) is 4.12. The molecule has 1 fully saturated rings. The third kappa shape index (κ3) is 1.76. The lowest BCUT2D eigenvalue weighted by atomic mass is 10.3. The number of nitrogens with zero attached hydrogens (tertiary/aromatic N) is 2. The van der Waals surface area contributed by atoms with E-state index in [1.165, 1.54) is 13.0 Å². The summed E-state index contributed by atoms with van der Waals surface area (Å²) in [6.07, 6.45) is 3.07. The SMILES string of the molecule is CN1CCC(Nc2nccs2)C1. The Bertz CT molecular complexity index is 234. The molecule has 2 rings (SSSR count). The van der Waals surface area contributed by atoms with Crippen molar-refractivity contribution in [2.45, 2.75) is 12.5 Å². The summed E-state index contributed by atoms with van der Waals surface area (Å²) < 4.78 is 0. The molecule has 1 atom stereocenters. The zero-order chi connectivity index (χ0) is 8.39. The minimum Gasteiger partial charge on any atom is -0.357 e. The molecule has 0 amide bonds. The summed E-state index contributed by atoms with van der Waals surface area (Å²) in [7, 11) is 2.16. The maximum absolute atomic E-state index is 4.19. The van der Waals surface area contributed by atoms with Crippen LogP contribution in [0.1, 0.15) is 6.42 Å². The molecular weight excluding hydrogens is 170 g/mol. The summed E-state index contributed by atoms with van der Waals surface area (Å²) in [4.78, 5) is 6.53. The van der Waals surface area contributed by atoms with Gasteiger partial charge in [-0.05, 0) is 20.0 Å². The van der Waals surface area contributed by atoms with Gasteiger partial charge < -0.3 is 10.2 Å². The zero-order valence-electron chi connectivity index (χ0n) is 7.16. The van der Waals surface area contributed by atoms with Crippen molar-refractivity contribution in [1.29, 1.82) is 0 Å². The smallest absolute Gasteiger partial charge is 0.182 e. The Balaban J connectivity index is 1.88. The van der Waals surface area contributed by atoms with Crippen LogP contribution in [0.25, 0.3) is 0 Å². The van der Waals surface area contributed by atoms with Crippen LogP contribution in [-0.2, 0) is 0 Å². The zero-order valence-corrected chi connectivity index (χ0v) is 7.97. The summed E-state index contributed by atoms with van der Waals surface area (Å²) >= 11 is 1.67. The second kappa shape index (κ2) is 3.41. The Kier molecular flexibility index (Phi) is 2.28. The molecule has 4 heteroatoms. The number of hydrogen-bond donors (Lipinski definition) is 1. The minimum absolute atomic E-state index is 0.598. The fourth-order valence-electron chi connectivity index (χ4n) is 1.52. The Labute approximate surface area is 76.4 Å². The molecule has 0 spiro atoms. The number of hydrogen-bond acceptors (Lipinski definition) is 4. The minimum atomic E-state index is 0.598. The molecule has 0 aliphatic carbocycles. The van der Waals surface area contributed by atoms with Crippen LogP contribution < -0.4 is 5.32 Å². The summed E-state index contributed by atoms with van der Waals surface area (Å²) in [5.41, 5.74) is 0. The molecule has 1 saturated heterocycles. The summed E-state index contributed by atoms with van der Waals surface area (Å²) in [6, 6.07) is 0.598. The molecule has 1 N–H and O–H groups in total. The number of likely N-dealkylation sites (N-methyl/N-ethyl adjacent to an activating group) is 1. The second-order valence-electron chi connectivity index (χ2n) is 3.23. The van der Waals surface area contributed by atoms with Crippen LogP contribution in [0, 0.1) is 0 Å². The molecule has 1 aromatic heterocycles. The van der Waals surface area contributed by atoms with Gasteiger partial charge in [0.15, 0.2) is 5.13 Å². The van der Waals surface area contributed by atoms with E-state index in [9.17, 15) is 0 Å². The van der Waals surface area contributed by atoms with E-state index in [-0.39, 0.29) is 0 Å². The van der Waals surface area contributed by atoms with E-state index < -0.39 is 0 Å². The maximum atomic E-state index is 4.19. The Hall–Kier alpha value is -0.610. The lowest BCUT2D eigenvalue weighted by molar-refractivity contribution is 0.414. The summed E-state index contributed by atoms with van der Waals surface area (Å²) in [5.74, 6) is 0. The normalized spacial score (nSPS) is 24.6. The molecule has 0 radical (unpaired) electrons. The number of anilines is 1. The van der Waals surface area contributed by atoms with Crippen molar-refractivity contribution in [2.75, 3.05) is 25.5 Å². The molecule has 1 aliphatic rings. The third-order valence-corrected chi connectivity index (χ3v) is 2.86. The van der Waals surface area contributed by atoms with Gasteiger partial charge in [-0.1, -0.05) is 0 Å². The molecule has 1 aliphatic heterocycles. The number of nitrogens with one attached hydrogen (secondary N) is 1. The fourth-order valence-corrected chi connectivity index (χ4v) is 2.13. The lowest BCUT2D eigenvalue weighted by Gasteiger charge is -2.10. The van der Waals surface area contributed by atoms with Gasteiger partial charge in [-0.3, -0.25) is 0 Å². The average Bonchev–Trinajstić information content (AvgIpc) is 2.63. The van der Waals surface area contributed by atoms with Gasteiger partial charge in [0, 0.05) is 24.2 Å². The monoisotopic (exact) mass is 183 g/mol. The van der Waals surface area contributed by atoms with Gasteiger partial charge in [0.25, 0.3) is 0 Å². The molecule has 2 heterocycles. The summed E-state index contributed by atoms with van der Waals surface area (Å²) in [5, 5.41) is 6.47. The van der Waals surface area contributed by atoms with Gasteiger partial charge in [-0.15, -0.1) is 11.3 Å². The number of aromatic nitrogens is 1. The van der Waals surface area contributed by atoms with E-state index >= 15 is 0 Å². The Morgan fingerprint density at radius 2 is 2.67 bits per heavy atom. The van der Waals surface area contributed by atoms with E-state index in [2.05, 4.69) is 22.2 Å². The van der Waals surface area contributed by atoms with E-state index in [0.29, 0.717) is 6.04 Å².